The number of sulfonamides is 1. The molecule has 8 heteroatoms. The number of para-hydroxylation sites is 1. The molecule has 1 amide bonds. The minimum absolute atomic E-state index is 0.0626. The largest absolute Gasteiger partial charge is 0.459 e. The minimum Gasteiger partial charge on any atom is -0.459 e. The summed E-state index contributed by atoms with van der Waals surface area (Å²) < 4.78 is 34.7. The molecule has 31 heavy (non-hydrogen) atoms. The van der Waals surface area contributed by atoms with E-state index < -0.39 is 10.0 Å². The fraction of sp³-hybridized carbons (Fsp3) is 0.304. The van der Waals surface area contributed by atoms with Gasteiger partial charge in [0.05, 0.1) is 12.0 Å². The third-order valence-corrected chi connectivity index (χ3v) is 7.26. The number of carbonyl (C=O) groups is 1. The summed E-state index contributed by atoms with van der Waals surface area (Å²) in [5.74, 6) is 0.840. The zero-order valence-corrected chi connectivity index (χ0v) is 17.9. The topological polar surface area (TPSA) is 92.0 Å². The van der Waals surface area contributed by atoms with Gasteiger partial charge in [-0.3, -0.25) is 4.79 Å². The van der Waals surface area contributed by atoms with Crippen LogP contribution < -0.4 is 5.32 Å². The summed E-state index contributed by atoms with van der Waals surface area (Å²) in [5.41, 5.74) is 1.40. The fourth-order valence-corrected chi connectivity index (χ4v) is 5.55. The SMILES string of the molecule is C[C@H](NC(=O)[C@@H]1CCCN(C2=NS(=O)(=O)c3ccccc32)C1)c1cc2ccccc2o1. The first kappa shape index (κ1) is 19.8. The molecule has 1 saturated heterocycles. The van der Waals surface area contributed by atoms with Crippen LogP contribution in [-0.2, 0) is 14.8 Å². The Labute approximate surface area is 180 Å². The van der Waals surface area contributed by atoms with Gasteiger partial charge < -0.3 is 14.6 Å². The van der Waals surface area contributed by atoms with Gasteiger partial charge in [-0.15, -0.1) is 4.40 Å². The van der Waals surface area contributed by atoms with E-state index in [9.17, 15) is 13.2 Å². The Bertz CT molecular complexity index is 1260. The van der Waals surface area contributed by atoms with Gasteiger partial charge in [0.25, 0.3) is 10.0 Å². The summed E-state index contributed by atoms with van der Waals surface area (Å²) in [6.07, 6.45) is 1.54. The molecule has 3 heterocycles. The number of piperidine rings is 1. The molecule has 0 saturated carbocycles. The second kappa shape index (κ2) is 7.53. The van der Waals surface area contributed by atoms with Gasteiger partial charge in [-0.25, -0.2) is 0 Å². The highest BCUT2D eigenvalue weighted by Crippen LogP contribution is 2.30. The van der Waals surface area contributed by atoms with Crippen molar-refractivity contribution in [2.45, 2.75) is 30.7 Å². The molecule has 1 aromatic heterocycles. The van der Waals surface area contributed by atoms with Crippen LogP contribution in [-0.4, -0.2) is 38.2 Å². The van der Waals surface area contributed by atoms with Crippen molar-refractivity contribution in [1.29, 1.82) is 0 Å². The Morgan fingerprint density at radius 3 is 2.81 bits per heavy atom. The first-order valence-corrected chi connectivity index (χ1v) is 11.8. The molecule has 7 nitrogen and oxygen atoms in total. The Hall–Kier alpha value is -3.13. The van der Waals surface area contributed by atoms with Gasteiger partial charge >= 0.3 is 0 Å². The van der Waals surface area contributed by atoms with Gasteiger partial charge in [0.15, 0.2) is 5.84 Å². The average molecular weight is 438 g/mol. The molecule has 0 unspecified atom stereocenters. The molecule has 0 spiro atoms. The molecule has 0 radical (unpaired) electrons. The first-order chi connectivity index (χ1) is 14.9. The number of carbonyl (C=O) groups excluding carboxylic acids is 1. The molecule has 2 aliphatic heterocycles. The highest BCUT2D eigenvalue weighted by molar-refractivity contribution is 7.90. The molecule has 0 aliphatic carbocycles. The second-order valence-electron chi connectivity index (χ2n) is 8.09. The maximum absolute atomic E-state index is 13.0. The lowest BCUT2D eigenvalue weighted by atomic mass is 9.96. The molecule has 0 bridgehead atoms. The molecule has 5 rings (SSSR count). The van der Waals surface area contributed by atoms with E-state index in [-0.39, 0.29) is 22.8 Å². The molecular weight excluding hydrogens is 414 g/mol. The number of benzene rings is 2. The minimum atomic E-state index is -3.68. The number of hydrogen-bond acceptors (Lipinski definition) is 5. The van der Waals surface area contributed by atoms with Crippen molar-refractivity contribution < 1.29 is 17.6 Å². The Balaban J connectivity index is 1.31. The lowest BCUT2D eigenvalue weighted by molar-refractivity contribution is -0.127. The summed E-state index contributed by atoms with van der Waals surface area (Å²) >= 11 is 0. The normalized spacial score (nSPS) is 20.9. The van der Waals surface area contributed by atoms with Crippen molar-refractivity contribution in [2.75, 3.05) is 13.1 Å². The molecule has 2 atom stereocenters. The number of nitrogens with zero attached hydrogens (tertiary/aromatic N) is 2. The Morgan fingerprint density at radius 2 is 1.97 bits per heavy atom. The van der Waals surface area contributed by atoms with E-state index >= 15 is 0 Å². The predicted octanol–water partition coefficient (Wildman–Crippen LogP) is 3.47. The summed E-state index contributed by atoms with van der Waals surface area (Å²) in [6, 6.07) is 16.3. The van der Waals surface area contributed by atoms with Crippen molar-refractivity contribution in [3.05, 3.63) is 65.9 Å². The van der Waals surface area contributed by atoms with E-state index in [1.807, 2.05) is 42.2 Å². The van der Waals surface area contributed by atoms with E-state index in [0.29, 0.717) is 30.2 Å². The lowest BCUT2D eigenvalue weighted by Gasteiger charge is -2.33. The highest BCUT2D eigenvalue weighted by Gasteiger charge is 2.35. The highest BCUT2D eigenvalue weighted by atomic mass is 32.2. The van der Waals surface area contributed by atoms with E-state index in [4.69, 9.17) is 4.42 Å². The van der Waals surface area contributed by atoms with Gasteiger partial charge in [-0.2, -0.15) is 8.42 Å². The molecule has 3 aromatic rings. The van der Waals surface area contributed by atoms with Gasteiger partial charge in [0.1, 0.15) is 16.2 Å². The van der Waals surface area contributed by atoms with Crippen LogP contribution in [0, 0.1) is 5.92 Å². The Morgan fingerprint density at radius 1 is 1.19 bits per heavy atom. The monoisotopic (exact) mass is 437 g/mol. The molecule has 1 N–H and O–H groups in total. The average Bonchev–Trinajstić information content (AvgIpc) is 3.33. The van der Waals surface area contributed by atoms with E-state index in [1.54, 1.807) is 24.3 Å². The van der Waals surface area contributed by atoms with Gasteiger partial charge in [-0.05, 0) is 44.0 Å². The zero-order chi connectivity index (χ0) is 21.6. The summed E-state index contributed by atoms with van der Waals surface area (Å²) in [4.78, 5) is 15.1. The van der Waals surface area contributed by atoms with Gasteiger partial charge in [0.2, 0.25) is 5.91 Å². The van der Waals surface area contributed by atoms with Gasteiger partial charge in [-0.1, -0.05) is 30.3 Å². The molecular formula is C23H23N3O4S. The number of rotatable bonds is 3. The number of hydrogen-bond donors (Lipinski definition) is 1. The number of furan rings is 1. The molecule has 2 aromatic carbocycles. The number of amidine groups is 1. The fourth-order valence-electron chi connectivity index (χ4n) is 4.32. The van der Waals surface area contributed by atoms with Crippen LogP contribution >= 0.6 is 0 Å². The maximum Gasteiger partial charge on any atom is 0.285 e. The summed E-state index contributed by atoms with van der Waals surface area (Å²) in [5, 5.41) is 4.06. The van der Waals surface area contributed by atoms with Crippen LogP contribution in [0.25, 0.3) is 11.0 Å². The summed E-state index contributed by atoms with van der Waals surface area (Å²) in [6.45, 7) is 3.01. The van der Waals surface area contributed by atoms with Crippen LogP contribution in [0.2, 0.25) is 0 Å². The Kier molecular flexibility index (Phi) is 4.81. The number of nitrogens with one attached hydrogen (secondary N) is 1. The third kappa shape index (κ3) is 3.61. The first-order valence-electron chi connectivity index (χ1n) is 10.4. The van der Waals surface area contributed by atoms with Crippen LogP contribution in [0.3, 0.4) is 0 Å². The molecule has 160 valence electrons. The van der Waals surface area contributed by atoms with Crippen LogP contribution in [0.1, 0.15) is 37.1 Å². The number of amides is 1. The molecule has 2 aliphatic rings. The third-order valence-electron chi connectivity index (χ3n) is 5.93. The predicted molar refractivity (Wildman–Crippen MR) is 117 cm³/mol. The quantitative estimate of drug-likeness (QED) is 0.677. The standard InChI is InChI=1S/C23H23N3O4S/c1-15(20-13-16-7-2-4-10-19(16)30-20)24-23(27)17-8-6-12-26(14-17)22-18-9-3-5-11-21(18)31(28,29)25-22/h2-5,7,9-11,13,15,17H,6,8,12,14H2,1H3,(H,24,27)/t15-,17+/m0/s1. The maximum atomic E-state index is 13.0. The van der Waals surface area contributed by atoms with E-state index in [0.717, 1.165) is 23.8 Å². The van der Waals surface area contributed by atoms with E-state index in [2.05, 4.69) is 9.71 Å². The van der Waals surface area contributed by atoms with Crippen molar-refractivity contribution in [2.24, 2.45) is 10.3 Å². The zero-order valence-electron chi connectivity index (χ0n) is 17.1. The number of likely N-dealkylation sites (tertiary alicyclic amines) is 1. The smallest absolute Gasteiger partial charge is 0.285 e. The van der Waals surface area contributed by atoms with Crippen LogP contribution in [0.4, 0.5) is 0 Å². The summed E-state index contributed by atoms with van der Waals surface area (Å²) in [7, 11) is -3.68. The van der Waals surface area contributed by atoms with Crippen molar-refractivity contribution in [3.63, 3.8) is 0 Å². The van der Waals surface area contributed by atoms with Gasteiger partial charge in [0, 0.05) is 24.0 Å². The van der Waals surface area contributed by atoms with Crippen molar-refractivity contribution in [1.82, 2.24) is 10.2 Å². The number of fused-ring (bicyclic) bond motifs is 2. The van der Waals surface area contributed by atoms with Crippen LogP contribution in [0.5, 0.6) is 0 Å². The van der Waals surface area contributed by atoms with Crippen molar-refractivity contribution >= 4 is 32.7 Å². The van der Waals surface area contributed by atoms with Crippen LogP contribution in [0.15, 0.2) is 68.3 Å². The van der Waals surface area contributed by atoms with Crippen molar-refractivity contribution in [3.8, 4) is 0 Å². The molecule has 1 fully saturated rings. The lowest BCUT2D eigenvalue weighted by Crippen LogP contribution is -2.45. The second-order valence-corrected chi connectivity index (χ2v) is 9.66. The van der Waals surface area contributed by atoms with E-state index in [1.165, 1.54) is 0 Å².